The molecule has 0 amide bonds. The number of aliphatic hydroxyl groups is 1. The molecule has 1 heterocycles. The van der Waals surface area contributed by atoms with Crippen molar-refractivity contribution in [3.63, 3.8) is 0 Å². The number of fused-ring (bicyclic) bond motifs is 1. The van der Waals surface area contributed by atoms with Crippen molar-refractivity contribution in [3.8, 4) is 0 Å². The molecule has 2 aromatic rings. The first-order chi connectivity index (χ1) is 7.16. The van der Waals surface area contributed by atoms with Gasteiger partial charge in [0, 0.05) is 18.0 Å². The molecule has 4 heteroatoms. The van der Waals surface area contributed by atoms with Gasteiger partial charge in [-0.2, -0.15) is 0 Å². The Kier molecular flexibility index (Phi) is 2.69. The molecule has 1 aromatic carbocycles. The average molecular weight is 225 g/mol. The lowest BCUT2D eigenvalue weighted by Gasteiger charge is -2.10. The van der Waals surface area contributed by atoms with Gasteiger partial charge < -0.3 is 15.4 Å². The molecule has 1 atom stereocenters. The molecule has 2 rings (SSSR count). The minimum absolute atomic E-state index is 0.107. The SMILES string of the molecule is Cn1c(C(N)CO)c(Cl)c2ccccc21. The quantitative estimate of drug-likeness (QED) is 0.818. The Balaban J connectivity index is 2.75. The first-order valence-corrected chi connectivity index (χ1v) is 5.14. The van der Waals surface area contributed by atoms with Crippen molar-refractivity contribution in [2.75, 3.05) is 6.61 Å². The highest BCUT2D eigenvalue weighted by molar-refractivity contribution is 6.36. The smallest absolute Gasteiger partial charge is 0.0711 e. The molecule has 0 aliphatic rings. The summed E-state index contributed by atoms with van der Waals surface area (Å²) in [5, 5.41) is 10.7. The molecule has 1 aromatic heterocycles. The Bertz CT molecular complexity index is 454. The molecule has 1 unspecified atom stereocenters. The highest BCUT2D eigenvalue weighted by atomic mass is 35.5. The summed E-state index contributed by atoms with van der Waals surface area (Å²) in [6.45, 7) is -0.107. The molecule has 0 bridgehead atoms. The molecule has 3 N–H and O–H groups in total. The van der Waals surface area contributed by atoms with Crippen molar-refractivity contribution in [2.45, 2.75) is 6.04 Å². The van der Waals surface area contributed by atoms with Crippen LogP contribution in [0.1, 0.15) is 11.7 Å². The van der Waals surface area contributed by atoms with Gasteiger partial charge in [-0.1, -0.05) is 29.8 Å². The number of aliphatic hydroxyl groups excluding tert-OH is 1. The van der Waals surface area contributed by atoms with E-state index in [2.05, 4.69) is 0 Å². The van der Waals surface area contributed by atoms with Crippen LogP contribution in [-0.4, -0.2) is 16.3 Å². The number of rotatable bonds is 2. The summed E-state index contributed by atoms with van der Waals surface area (Å²) in [6.07, 6.45) is 0. The van der Waals surface area contributed by atoms with Crippen molar-refractivity contribution in [1.82, 2.24) is 4.57 Å². The second-order valence-corrected chi connectivity index (χ2v) is 3.94. The first kappa shape index (κ1) is 10.5. The Labute approximate surface area is 93.1 Å². The van der Waals surface area contributed by atoms with E-state index < -0.39 is 6.04 Å². The van der Waals surface area contributed by atoms with E-state index in [1.54, 1.807) is 0 Å². The van der Waals surface area contributed by atoms with Crippen LogP contribution in [0.25, 0.3) is 10.9 Å². The first-order valence-electron chi connectivity index (χ1n) is 4.76. The molecule has 3 nitrogen and oxygen atoms in total. The second kappa shape index (κ2) is 3.85. The van der Waals surface area contributed by atoms with Crippen LogP contribution < -0.4 is 5.73 Å². The van der Waals surface area contributed by atoms with Crippen LogP contribution in [0.5, 0.6) is 0 Å². The van der Waals surface area contributed by atoms with Gasteiger partial charge in [0.15, 0.2) is 0 Å². The molecule has 0 aliphatic heterocycles. The van der Waals surface area contributed by atoms with Gasteiger partial charge >= 0.3 is 0 Å². The lowest BCUT2D eigenvalue weighted by molar-refractivity contribution is 0.264. The van der Waals surface area contributed by atoms with Crippen LogP contribution in [0, 0.1) is 0 Å². The van der Waals surface area contributed by atoms with E-state index in [9.17, 15) is 0 Å². The predicted octanol–water partition coefficient (Wildman–Crippen LogP) is 1.82. The number of halogens is 1. The van der Waals surface area contributed by atoms with Crippen LogP contribution in [0.2, 0.25) is 5.02 Å². The molecule has 0 saturated carbocycles. The van der Waals surface area contributed by atoms with Gasteiger partial charge in [-0.15, -0.1) is 0 Å². The second-order valence-electron chi connectivity index (χ2n) is 3.56. The van der Waals surface area contributed by atoms with E-state index in [4.69, 9.17) is 22.4 Å². The van der Waals surface area contributed by atoms with Crippen molar-refractivity contribution in [1.29, 1.82) is 0 Å². The highest BCUT2D eigenvalue weighted by Gasteiger charge is 2.17. The summed E-state index contributed by atoms with van der Waals surface area (Å²) in [7, 11) is 1.90. The molecular weight excluding hydrogens is 212 g/mol. The van der Waals surface area contributed by atoms with E-state index in [1.165, 1.54) is 0 Å². The lowest BCUT2D eigenvalue weighted by atomic mass is 10.2. The summed E-state index contributed by atoms with van der Waals surface area (Å²) in [6, 6.07) is 7.38. The van der Waals surface area contributed by atoms with Gasteiger partial charge in [0.1, 0.15) is 0 Å². The minimum Gasteiger partial charge on any atom is -0.394 e. The molecule has 0 spiro atoms. The van der Waals surface area contributed by atoms with E-state index in [-0.39, 0.29) is 6.61 Å². The Morgan fingerprint density at radius 1 is 1.47 bits per heavy atom. The van der Waals surface area contributed by atoms with Gasteiger partial charge in [0.2, 0.25) is 0 Å². The van der Waals surface area contributed by atoms with E-state index >= 15 is 0 Å². The Hall–Kier alpha value is -1.03. The number of hydrogen-bond acceptors (Lipinski definition) is 2. The largest absolute Gasteiger partial charge is 0.394 e. The van der Waals surface area contributed by atoms with Crippen LogP contribution in [-0.2, 0) is 7.05 Å². The zero-order valence-electron chi connectivity index (χ0n) is 8.44. The molecule has 0 fully saturated rings. The molecule has 15 heavy (non-hydrogen) atoms. The fraction of sp³-hybridized carbons (Fsp3) is 0.273. The van der Waals surface area contributed by atoms with Crippen LogP contribution in [0.4, 0.5) is 0 Å². The van der Waals surface area contributed by atoms with Crippen molar-refractivity contribution < 1.29 is 5.11 Å². The third kappa shape index (κ3) is 1.53. The van der Waals surface area contributed by atoms with Gasteiger partial charge in [-0.25, -0.2) is 0 Å². The monoisotopic (exact) mass is 224 g/mol. The maximum absolute atomic E-state index is 9.07. The number of para-hydroxylation sites is 1. The maximum atomic E-state index is 9.07. The van der Waals surface area contributed by atoms with Crippen molar-refractivity contribution in [2.24, 2.45) is 12.8 Å². The number of aryl methyl sites for hydroxylation is 1. The molecule has 0 aliphatic carbocycles. The summed E-state index contributed by atoms with van der Waals surface area (Å²) in [5.74, 6) is 0. The zero-order valence-corrected chi connectivity index (χ0v) is 9.20. The van der Waals surface area contributed by atoms with Crippen molar-refractivity contribution in [3.05, 3.63) is 35.0 Å². The van der Waals surface area contributed by atoms with E-state index in [0.29, 0.717) is 5.02 Å². The minimum atomic E-state index is -0.435. The Morgan fingerprint density at radius 3 is 2.73 bits per heavy atom. The molecule has 0 saturated heterocycles. The number of hydrogen-bond donors (Lipinski definition) is 2. The standard InChI is InChI=1S/C11H13ClN2O/c1-14-9-5-3-2-4-7(9)10(12)11(14)8(13)6-15/h2-5,8,15H,6,13H2,1H3. The van der Waals surface area contributed by atoms with Crippen LogP contribution in [0.3, 0.4) is 0 Å². The third-order valence-corrected chi connectivity index (χ3v) is 3.03. The van der Waals surface area contributed by atoms with Gasteiger partial charge in [0.25, 0.3) is 0 Å². The lowest BCUT2D eigenvalue weighted by Crippen LogP contribution is -2.18. The van der Waals surface area contributed by atoms with Crippen LogP contribution >= 0.6 is 11.6 Å². The average Bonchev–Trinajstić information content (AvgIpc) is 2.52. The van der Waals surface area contributed by atoms with Crippen LogP contribution in [0.15, 0.2) is 24.3 Å². The predicted molar refractivity (Wildman–Crippen MR) is 61.9 cm³/mol. The summed E-state index contributed by atoms with van der Waals surface area (Å²) in [5.41, 5.74) is 7.61. The van der Waals surface area contributed by atoms with Gasteiger partial charge in [0.05, 0.1) is 23.4 Å². The van der Waals surface area contributed by atoms with E-state index in [1.807, 2.05) is 35.9 Å². The maximum Gasteiger partial charge on any atom is 0.0711 e. The number of benzene rings is 1. The summed E-state index contributed by atoms with van der Waals surface area (Å²) >= 11 is 6.22. The molecule has 80 valence electrons. The van der Waals surface area contributed by atoms with Gasteiger partial charge in [-0.3, -0.25) is 0 Å². The normalized spacial score (nSPS) is 13.3. The molecule has 0 radical (unpaired) electrons. The number of nitrogens with zero attached hydrogens (tertiary/aromatic N) is 1. The van der Waals surface area contributed by atoms with E-state index in [0.717, 1.165) is 16.6 Å². The fourth-order valence-electron chi connectivity index (χ4n) is 1.86. The zero-order chi connectivity index (χ0) is 11.0. The summed E-state index contributed by atoms with van der Waals surface area (Å²) < 4.78 is 1.93. The molecular formula is C11H13ClN2O. The van der Waals surface area contributed by atoms with Crippen molar-refractivity contribution >= 4 is 22.5 Å². The highest BCUT2D eigenvalue weighted by Crippen LogP contribution is 2.32. The Morgan fingerprint density at radius 2 is 2.13 bits per heavy atom. The fourth-order valence-corrected chi connectivity index (χ4v) is 2.29. The number of nitrogens with two attached hydrogens (primary N) is 1. The van der Waals surface area contributed by atoms with Gasteiger partial charge in [-0.05, 0) is 6.07 Å². The topological polar surface area (TPSA) is 51.2 Å². The third-order valence-electron chi connectivity index (χ3n) is 2.64. The number of aromatic nitrogens is 1. The summed E-state index contributed by atoms with van der Waals surface area (Å²) in [4.78, 5) is 0.